The van der Waals surface area contributed by atoms with Gasteiger partial charge in [0.25, 0.3) is 0 Å². The zero-order valence-electron chi connectivity index (χ0n) is 13.7. The van der Waals surface area contributed by atoms with Crippen LogP contribution < -0.4 is 10.6 Å². The van der Waals surface area contributed by atoms with Crippen LogP contribution in [0.2, 0.25) is 0 Å². The predicted octanol–water partition coefficient (Wildman–Crippen LogP) is 3.75. The van der Waals surface area contributed by atoms with Gasteiger partial charge in [0.1, 0.15) is 5.60 Å². The van der Waals surface area contributed by atoms with Gasteiger partial charge in [0, 0.05) is 18.4 Å². The van der Waals surface area contributed by atoms with E-state index in [9.17, 15) is 9.90 Å². The quantitative estimate of drug-likeness (QED) is 0.660. The van der Waals surface area contributed by atoms with E-state index in [4.69, 9.17) is 0 Å². The Labute approximate surface area is 144 Å². The molecule has 1 aromatic carbocycles. The molecule has 0 saturated heterocycles. The van der Waals surface area contributed by atoms with E-state index in [1.54, 1.807) is 6.92 Å². The number of hydrogen-bond acceptors (Lipinski definition) is 3. The fourth-order valence-electron chi connectivity index (χ4n) is 2.64. The standard InChI is InChI=1S/C18H21N3O2S/c1-3-21-8-6-13-4-5-15(10-16(13)21)20-17(22)19-12-18(2,23)14-7-9-24-11-14/h4-11,23H,3,12H2,1-2H3,(H2,19,20,22). The lowest BCUT2D eigenvalue weighted by molar-refractivity contribution is 0.0604. The highest BCUT2D eigenvalue weighted by molar-refractivity contribution is 7.08. The van der Waals surface area contributed by atoms with E-state index >= 15 is 0 Å². The first kappa shape index (κ1) is 16.5. The summed E-state index contributed by atoms with van der Waals surface area (Å²) in [5.41, 5.74) is 1.53. The van der Waals surface area contributed by atoms with Crippen LogP contribution in [0.1, 0.15) is 19.4 Å². The molecule has 0 saturated carbocycles. The maximum absolute atomic E-state index is 12.1. The number of anilines is 1. The number of aryl methyl sites for hydroxylation is 1. The van der Waals surface area contributed by atoms with Gasteiger partial charge in [0.15, 0.2) is 0 Å². The number of urea groups is 1. The summed E-state index contributed by atoms with van der Waals surface area (Å²) in [7, 11) is 0. The molecule has 5 nitrogen and oxygen atoms in total. The average molecular weight is 343 g/mol. The lowest BCUT2D eigenvalue weighted by atomic mass is 9.99. The van der Waals surface area contributed by atoms with Gasteiger partial charge in [0.05, 0.1) is 12.1 Å². The number of nitrogens with zero attached hydrogens (tertiary/aromatic N) is 1. The minimum atomic E-state index is -1.09. The number of benzene rings is 1. The normalized spacial score (nSPS) is 13.6. The molecule has 1 unspecified atom stereocenters. The van der Waals surface area contributed by atoms with Gasteiger partial charge in [-0.1, -0.05) is 6.07 Å². The van der Waals surface area contributed by atoms with Crippen molar-refractivity contribution in [1.82, 2.24) is 9.88 Å². The number of carbonyl (C=O) groups is 1. The smallest absolute Gasteiger partial charge is 0.319 e. The van der Waals surface area contributed by atoms with Crippen LogP contribution in [0, 0.1) is 0 Å². The van der Waals surface area contributed by atoms with Gasteiger partial charge < -0.3 is 20.3 Å². The third kappa shape index (κ3) is 3.44. The molecular formula is C18H21N3O2S. The number of hydrogen-bond donors (Lipinski definition) is 3. The molecule has 3 rings (SSSR count). The molecule has 0 fully saturated rings. The van der Waals surface area contributed by atoms with E-state index in [0.717, 1.165) is 28.7 Å². The van der Waals surface area contributed by atoms with Crippen LogP contribution >= 0.6 is 11.3 Å². The number of fused-ring (bicyclic) bond motifs is 1. The van der Waals surface area contributed by atoms with Crippen LogP contribution in [0.25, 0.3) is 10.9 Å². The second kappa shape index (κ2) is 6.67. The van der Waals surface area contributed by atoms with E-state index in [2.05, 4.69) is 28.2 Å². The monoisotopic (exact) mass is 343 g/mol. The van der Waals surface area contributed by atoms with Crippen molar-refractivity contribution in [3.05, 3.63) is 52.9 Å². The van der Waals surface area contributed by atoms with Gasteiger partial charge in [-0.05, 0) is 59.8 Å². The van der Waals surface area contributed by atoms with Crippen molar-refractivity contribution < 1.29 is 9.90 Å². The van der Waals surface area contributed by atoms with Crippen molar-refractivity contribution >= 4 is 34.0 Å². The van der Waals surface area contributed by atoms with Crippen molar-refractivity contribution in [3.63, 3.8) is 0 Å². The highest BCUT2D eigenvalue weighted by Gasteiger charge is 2.24. The highest BCUT2D eigenvalue weighted by atomic mass is 32.1. The number of thiophene rings is 1. The molecule has 2 heterocycles. The molecule has 0 aliphatic carbocycles. The average Bonchev–Trinajstić information content (AvgIpc) is 3.22. The Kier molecular flexibility index (Phi) is 4.59. The van der Waals surface area contributed by atoms with Crippen LogP contribution in [-0.4, -0.2) is 22.2 Å². The zero-order chi connectivity index (χ0) is 17.2. The molecule has 3 aromatic rings. The van der Waals surface area contributed by atoms with E-state index in [1.165, 1.54) is 11.3 Å². The third-order valence-corrected chi connectivity index (χ3v) is 4.79. The van der Waals surface area contributed by atoms with Gasteiger partial charge in [0.2, 0.25) is 0 Å². The Morgan fingerprint density at radius 1 is 1.33 bits per heavy atom. The summed E-state index contributed by atoms with van der Waals surface area (Å²) in [6, 6.07) is 9.39. The Bertz CT molecular complexity index is 837. The first-order valence-electron chi connectivity index (χ1n) is 7.88. The number of aromatic nitrogens is 1. The molecule has 126 valence electrons. The van der Waals surface area contributed by atoms with Gasteiger partial charge in [-0.3, -0.25) is 0 Å². The SMILES string of the molecule is CCn1ccc2ccc(NC(=O)NCC(C)(O)c3ccsc3)cc21. The zero-order valence-corrected chi connectivity index (χ0v) is 14.6. The van der Waals surface area contributed by atoms with Crippen LogP contribution in [-0.2, 0) is 12.1 Å². The second-order valence-corrected chi connectivity index (χ2v) is 6.75. The van der Waals surface area contributed by atoms with Crippen molar-refractivity contribution in [2.24, 2.45) is 0 Å². The molecule has 0 aliphatic heterocycles. The van der Waals surface area contributed by atoms with Gasteiger partial charge in [-0.25, -0.2) is 4.79 Å². The number of aliphatic hydroxyl groups is 1. The summed E-state index contributed by atoms with van der Waals surface area (Å²) in [5.74, 6) is 0. The summed E-state index contributed by atoms with van der Waals surface area (Å²) in [4.78, 5) is 12.1. The Balaban J connectivity index is 1.64. The molecule has 24 heavy (non-hydrogen) atoms. The molecule has 2 aromatic heterocycles. The van der Waals surface area contributed by atoms with E-state index in [1.807, 2.05) is 41.2 Å². The Morgan fingerprint density at radius 2 is 2.17 bits per heavy atom. The first-order valence-corrected chi connectivity index (χ1v) is 8.82. The van der Waals surface area contributed by atoms with Crippen molar-refractivity contribution in [2.45, 2.75) is 26.0 Å². The molecule has 3 N–H and O–H groups in total. The molecule has 0 bridgehead atoms. The molecule has 0 spiro atoms. The third-order valence-electron chi connectivity index (χ3n) is 4.11. The fourth-order valence-corrected chi connectivity index (χ4v) is 3.42. The minimum Gasteiger partial charge on any atom is -0.384 e. The van der Waals surface area contributed by atoms with Gasteiger partial charge >= 0.3 is 6.03 Å². The van der Waals surface area contributed by atoms with Crippen molar-refractivity contribution in [3.8, 4) is 0 Å². The van der Waals surface area contributed by atoms with E-state index in [0.29, 0.717) is 0 Å². The molecule has 0 radical (unpaired) electrons. The largest absolute Gasteiger partial charge is 0.384 e. The lowest BCUT2D eigenvalue weighted by Gasteiger charge is -2.22. The Hall–Kier alpha value is -2.31. The van der Waals surface area contributed by atoms with E-state index < -0.39 is 5.60 Å². The maximum atomic E-state index is 12.1. The summed E-state index contributed by atoms with van der Waals surface area (Å²) in [6.07, 6.45) is 2.03. The number of amides is 2. The summed E-state index contributed by atoms with van der Waals surface area (Å²) < 4.78 is 2.12. The van der Waals surface area contributed by atoms with Crippen LogP contribution in [0.4, 0.5) is 10.5 Å². The number of carbonyl (C=O) groups excluding carboxylic acids is 1. The summed E-state index contributed by atoms with van der Waals surface area (Å²) in [6.45, 7) is 4.79. The number of nitrogens with one attached hydrogen (secondary N) is 2. The minimum absolute atomic E-state index is 0.142. The molecular weight excluding hydrogens is 322 g/mol. The maximum Gasteiger partial charge on any atom is 0.319 e. The topological polar surface area (TPSA) is 66.3 Å². The molecule has 6 heteroatoms. The van der Waals surface area contributed by atoms with Gasteiger partial charge in [-0.2, -0.15) is 11.3 Å². The van der Waals surface area contributed by atoms with Crippen LogP contribution in [0.15, 0.2) is 47.3 Å². The molecule has 1 atom stereocenters. The molecule has 0 aliphatic rings. The lowest BCUT2D eigenvalue weighted by Crippen LogP contribution is -2.40. The predicted molar refractivity (Wildman–Crippen MR) is 98.5 cm³/mol. The van der Waals surface area contributed by atoms with Crippen molar-refractivity contribution in [2.75, 3.05) is 11.9 Å². The van der Waals surface area contributed by atoms with Crippen molar-refractivity contribution in [1.29, 1.82) is 0 Å². The van der Waals surface area contributed by atoms with E-state index in [-0.39, 0.29) is 12.6 Å². The van der Waals surface area contributed by atoms with Crippen LogP contribution in [0.3, 0.4) is 0 Å². The fraction of sp³-hybridized carbons (Fsp3) is 0.278. The highest BCUT2D eigenvalue weighted by Crippen LogP contribution is 2.23. The summed E-state index contributed by atoms with van der Waals surface area (Å²) in [5, 5.41) is 20.9. The first-order chi connectivity index (χ1) is 11.5. The van der Waals surface area contributed by atoms with Crippen LogP contribution in [0.5, 0.6) is 0 Å². The Morgan fingerprint density at radius 3 is 2.88 bits per heavy atom. The van der Waals surface area contributed by atoms with Gasteiger partial charge in [-0.15, -0.1) is 0 Å². The summed E-state index contributed by atoms with van der Waals surface area (Å²) >= 11 is 1.52. The molecule has 2 amide bonds. The second-order valence-electron chi connectivity index (χ2n) is 5.97. The number of rotatable bonds is 5.